The first-order valence-corrected chi connectivity index (χ1v) is 7.26. The highest BCUT2D eigenvalue weighted by Gasteiger charge is 2.17. The van der Waals surface area contributed by atoms with Crippen LogP contribution < -0.4 is 4.74 Å². The highest BCUT2D eigenvalue weighted by atomic mass is 32.2. The highest BCUT2D eigenvalue weighted by molar-refractivity contribution is 7.99. The first-order valence-electron chi connectivity index (χ1n) is 6.10. The molecule has 0 saturated heterocycles. The Labute approximate surface area is 113 Å². The molecule has 1 aromatic rings. The Morgan fingerprint density at radius 3 is 2.89 bits per heavy atom. The Balaban J connectivity index is 2.61. The van der Waals surface area contributed by atoms with E-state index in [1.165, 1.54) is 0 Å². The van der Waals surface area contributed by atoms with Crippen LogP contribution in [0.25, 0.3) is 0 Å². The fourth-order valence-electron chi connectivity index (χ4n) is 1.77. The van der Waals surface area contributed by atoms with Gasteiger partial charge in [0.15, 0.2) is 0 Å². The second-order valence-electron chi connectivity index (χ2n) is 4.08. The highest BCUT2D eigenvalue weighted by Crippen LogP contribution is 2.19. The topological polar surface area (TPSA) is 46.5 Å². The van der Waals surface area contributed by atoms with E-state index in [0.717, 1.165) is 22.8 Å². The molecule has 0 spiro atoms. The minimum atomic E-state index is -0.713. The van der Waals surface area contributed by atoms with Crippen LogP contribution in [0.4, 0.5) is 0 Å². The summed E-state index contributed by atoms with van der Waals surface area (Å²) in [4.78, 5) is 11.2. The van der Waals surface area contributed by atoms with Crippen molar-refractivity contribution in [2.45, 2.75) is 19.8 Å². The lowest BCUT2D eigenvalue weighted by molar-refractivity contribution is -0.141. The molecule has 0 amide bonds. The molecule has 0 heterocycles. The molecule has 1 atom stereocenters. The van der Waals surface area contributed by atoms with Gasteiger partial charge >= 0.3 is 5.97 Å². The Hall–Kier alpha value is -1.16. The lowest BCUT2D eigenvalue weighted by atomic mass is 9.97. The van der Waals surface area contributed by atoms with E-state index in [0.29, 0.717) is 12.8 Å². The molecule has 1 rings (SSSR count). The molecular weight excluding hydrogens is 248 g/mol. The molecule has 0 aromatic heterocycles. The van der Waals surface area contributed by atoms with Gasteiger partial charge in [0.05, 0.1) is 13.0 Å². The van der Waals surface area contributed by atoms with E-state index in [2.05, 4.69) is 6.92 Å². The van der Waals surface area contributed by atoms with Crippen LogP contribution in [-0.2, 0) is 11.2 Å². The molecule has 0 aliphatic heterocycles. The van der Waals surface area contributed by atoms with Crippen molar-refractivity contribution >= 4 is 17.7 Å². The molecule has 0 bridgehead atoms. The van der Waals surface area contributed by atoms with Crippen molar-refractivity contribution in [3.05, 3.63) is 29.8 Å². The van der Waals surface area contributed by atoms with Crippen molar-refractivity contribution in [3.8, 4) is 5.75 Å². The third-order valence-corrected chi connectivity index (χ3v) is 3.71. The van der Waals surface area contributed by atoms with E-state index in [9.17, 15) is 9.90 Å². The van der Waals surface area contributed by atoms with Crippen molar-refractivity contribution in [2.24, 2.45) is 5.92 Å². The zero-order valence-corrected chi connectivity index (χ0v) is 11.7. The first-order chi connectivity index (χ1) is 8.67. The van der Waals surface area contributed by atoms with Crippen LogP contribution in [0.1, 0.15) is 18.9 Å². The molecule has 0 saturated carbocycles. The number of benzene rings is 1. The SMILES string of the molecule is CCSCCC(Cc1cccc(OC)c1)C(=O)O. The van der Waals surface area contributed by atoms with Crippen LogP contribution >= 0.6 is 11.8 Å². The lowest BCUT2D eigenvalue weighted by Gasteiger charge is -2.12. The third kappa shape index (κ3) is 5.00. The third-order valence-electron chi connectivity index (χ3n) is 2.78. The van der Waals surface area contributed by atoms with E-state index in [4.69, 9.17) is 4.74 Å². The zero-order valence-electron chi connectivity index (χ0n) is 10.9. The van der Waals surface area contributed by atoms with Crippen molar-refractivity contribution < 1.29 is 14.6 Å². The van der Waals surface area contributed by atoms with Gasteiger partial charge in [-0.05, 0) is 42.0 Å². The van der Waals surface area contributed by atoms with Crippen LogP contribution in [-0.4, -0.2) is 29.7 Å². The number of carboxylic acids is 1. The van der Waals surface area contributed by atoms with Crippen molar-refractivity contribution in [3.63, 3.8) is 0 Å². The van der Waals surface area contributed by atoms with Gasteiger partial charge in [0.1, 0.15) is 5.75 Å². The van der Waals surface area contributed by atoms with Crippen molar-refractivity contribution in [1.82, 2.24) is 0 Å². The maximum atomic E-state index is 11.2. The Morgan fingerprint density at radius 1 is 1.50 bits per heavy atom. The van der Waals surface area contributed by atoms with E-state index in [1.54, 1.807) is 18.9 Å². The number of ether oxygens (including phenoxy) is 1. The van der Waals surface area contributed by atoms with E-state index in [-0.39, 0.29) is 5.92 Å². The smallest absolute Gasteiger partial charge is 0.306 e. The number of carboxylic acid groups (broad SMARTS) is 1. The number of hydrogen-bond donors (Lipinski definition) is 1. The van der Waals surface area contributed by atoms with Gasteiger partial charge < -0.3 is 9.84 Å². The number of methoxy groups -OCH3 is 1. The van der Waals surface area contributed by atoms with E-state index < -0.39 is 5.97 Å². The van der Waals surface area contributed by atoms with Gasteiger partial charge in [-0.1, -0.05) is 19.1 Å². The van der Waals surface area contributed by atoms with Gasteiger partial charge in [-0.25, -0.2) is 0 Å². The lowest BCUT2D eigenvalue weighted by Crippen LogP contribution is -2.17. The number of hydrogen-bond acceptors (Lipinski definition) is 3. The summed E-state index contributed by atoms with van der Waals surface area (Å²) in [5.74, 6) is 1.69. The van der Waals surface area contributed by atoms with Crippen LogP contribution in [0.5, 0.6) is 5.75 Å². The molecular formula is C14H20O3S. The van der Waals surface area contributed by atoms with Gasteiger partial charge in [-0.2, -0.15) is 11.8 Å². The Morgan fingerprint density at radius 2 is 2.28 bits per heavy atom. The monoisotopic (exact) mass is 268 g/mol. The summed E-state index contributed by atoms with van der Waals surface area (Å²) >= 11 is 1.78. The number of aliphatic carboxylic acids is 1. The van der Waals surface area contributed by atoms with Crippen molar-refractivity contribution in [1.29, 1.82) is 0 Å². The van der Waals surface area contributed by atoms with Crippen LogP contribution in [0.15, 0.2) is 24.3 Å². The molecule has 1 unspecified atom stereocenters. The fourth-order valence-corrected chi connectivity index (χ4v) is 2.51. The summed E-state index contributed by atoms with van der Waals surface area (Å²) in [7, 11) is 1.62. The molecule has 3 nitrogen and oxygen atoms in total. The molecule has 0 aliphatic rings. The van der Waals surface area contributed by atoms with Crippen LogP contribution in [0.2, 0.25) is 0 Å². The molecule has 4 heteroatoms. The van der Waals surface area contributed by atoms with E-state index in [1.807, 2.05) is 24.3 Å². The predicted octanol–water partition coefficient (Wildman–Crippen LogP) is 3.08. The standard InChI is InChI=1S/C14H20O3S/c1-3-18-8-7-12(14(15)16)9-11-5-4-6-13(10-11)17-2/h4-6,10,12H,3,7-9H2,1-2H3,(H,15,16). The summed E-state index contributed by atoms with van der Waals surface area (Å²) < 4.78 is 5.14. The average Bonchev–Trinajstić information content (AvgIpc) is 2.38. The number of carbonyl (C=O) groups is 1. The molecule has 1 N–H and O–H groups in total. The van der Waals surface area contributed by atoms with E-state index >= 15 is 0 Å². The number of thioether (sulfide) groups is 1. The Bertz CT molecular complexity index is 379. The number of rotatable bonds is 8. The molecule has 0 aliphatic carbocycles. The van der Waals surface area contributed by atoms with Crippen molar-refractivity contribution in [2.75, 3.05) is 18.6 Å². The van der Waals surface area contributed by atoms with Crippen LogP contribution in [0.3, 0.4) is 0 Å². The predicted molar refractivity (Wildman–Crippen MR) is 75.4 cm³/mol. The minimum Gasteiger partial charge on any atom is -0.497 e. The maximum Gasteiger partial charge on any atom is 0.306 e. The quantitative estimate of drug-likeness (QED) is 0.736. The van der Waals surface area contributed by atoms with Gasteiger partial charge in [-0.15, -0.1) is 0 Å². The van der Waals surface area contributed by atoms with Gasteiger partial charge in [0, 0.05) is 0 Å². The zero-order chi connectivity index (χ0) is 13.4. The second kappa shape index (κ2) is 8.03. The first kappa shape index (κ1) is 14.9. The van der Waals surface area contributed by atoms with Crippen LogP contribution in [0, 0.1) is 5.92 Å². The average molecular weight is 268 g/mol. The second-order valence-corrected chi connectivity index (χ2v) is 5.47. The summed E-state index contributed by atoms with van der Waals surface area (Å²) in [6, 6.07) is 7.62. The molecule has 18 heavy (non-hydrogen) atoms. The molecule has 100 valence electrons. The molecule has 1 aromatic carbocycles. The maximum absolute atomic E-state index is 11.2. The summed E-state index contributed by atoms with van der Waals surface area (Å²) in [6.45, 7) is 2.09. The summed E-state index contributed by atoms with van der Waals surface area (Å²) in [6.07, 6.45) is 1.28. The molecule has 0 radical (unpaired) electrons. The molecule has 0 fully saturated rings. The largest absolute Gasteiger partial charge is 0.497 e. The minimum absolute atomic E-state index is 0.309. The fraction of sp³-hybridized carbons (Fsp3) is 0.500. The van der Waals surface area contributed by atoms with Gasteiger partial charge in [-0.3, -0.25) is 4.79 Å². The summed E-state index contributed by atoms with van der Waals surface area (Å²) in [5, 5.41) is 9.22. The Kier molecular flexibility index (Phi) is 6.65. The normalized spacial score (nSPS) is 12.1. The summed E-state index contributed by atoms with van der Waals surface area (Å²) in [5.41, 5.74) is 1.02. The van der Waals surface area contributed by atoms with Gasteiger partial charge in [0.25, 0.3) is 0 Å². The van der Waals surface area contributed by atoms with Gasteiger partial charge in [0.2, 0.25) is 0 Å².